The van der Waals surface area contributed by atoms with E-state index in [1.165, 1.54) is 18.4 Å². The van der Waals surface area contributed by atoms with Crippen molar-refractivity contribution in [1.29, 1.82) is 0 Å². The molecule has 3 rings (SSSR count). The zero-order valence-corrected chi connectivity index (χ0v) is 21.9. The number of hydrogen-bond acceptors (Lipinski definition) is 4. The fourth-order valence-corrected chi connectivity index (χ4v) is 4.80. The second-order valence-corrected chi connectivity index (χ2v) is 9.53. The van der Waals surface area contributed by atoms with Crippen molar-refractivity contribution >= 4 is 40.0 Å². The van der Waals surface area contributed by atoms with E-state index in [1.807, 2.05) is 13.0 Å². The van der Waals surface area contributed by atoms with Crippen LogP contribution in [0.4, 0.5) is 0 Å². The van der Waals surface area contributed by atoms with Crippen LogP contribution < -0.4 is 15.4 Å². The Hall–Kier alpha value is -1.69. The molecular formula is C23H34IN5O2S. The molecule has 0 saturated carbocycles. The van der Waals surface area contributed by atoms with E-state index in [0.717, 1.165) is 25.2 Å². The van der Waals surface area contributed by atoms with Crippen LogP contribution >= 0.6 is 24.0 Å². The lowest BCUT2D eigenvalue weighted by Crippen LogP contribution is -2.44. The average molecular weight is 572 g/mol. The first-order valence-corrected chi connectivity index (χ1v) is 12.3. The molecule has 0 radical (unpaired) electrons. The molecule has 2 aromatic carbocycles. The lowest BCUT2D eigenvalue weighted by atomic mass is 10.1. The van der Waals surface area contributed by atoms with Gasteiger partial charge in [0.2, 0.25) is 10.0 Å². The van der Waals surface area contributed by atoms with Gasteiger partial charge in [0.05, 0.1) is 10.9 Å². The summed E-state index contributed by atoms with van der Waals surface area (Å²) < 4.78 is 27.4. The molecule has 9 heteroatoms. The van der Waals surface area contributed by atoms with Crippen molar-refractivity contribution in [2.45, 2.75) is 30.7 Å². The Morgan fingerprint density at radius 2 is 1.66 bits per heavy atom. The maximum atomic E-state index is 12.4. The van der Waals surface area contributed by atoms with Crippen molar-refractivity contribution in [2.75, 3.05) is 39.8 Å². The maximum Gasteiger partial charge on any atom is 0.240 e. The molecule has 0 amide bonds. The average Bonchev–Trinajstić information content (AvgIpc) is 3.31. The number of likely N-dealkylation sites (tertiary alicyclic amines) is 1. The summed E-state index contributed by atoms with van der Waals surface area (Å²) in [6.07, 6.45) is 2.47. The predicted octanol–water partition coefficient (Wildman–Crippen LogP) is 2.89. The molecule has 0 aliphatic carbocycles. The first-order valence-electron chi connectivity index (χ1n) is 10.8. The third-order valence-corrected chi connectivity index (χ3v) is 6.97. The molecule has 7 nitrogen and oxygen atoms in total. The van der Waals surface area contributed by atoms with Crippen molar-refractivity contribution in [3.8, 4) is 0 Å². The normalized spacial score (nSPS) is 15.8. The number of rotatable bonds is 9. The second-order valence-electron chi connectivity index (χ2n) is 7.76. The Bertz CT molecular complexity index is 946. The van der Waals surface area contributed by atoms with Gasteiger partial charge >= 0.3 is 0 Å². The molecule has 1 unspecified atom stereocenters. The standard InChI is InChI=1S/C23H33N5O2S.HI/c1-19-10-12-21(13-11-19)31(29,30)27-15-14-25-23(24-2)26-18-22(28-16-6-7-17-28)20-8-4-3-5-9-20;/h3-5,8-13,22,27H,6-7,14-18H2,1-2H3,(H2,24,25,26);1H. The highest BCUT2D eigenvalue weighted by atomic mass is 127. The van der Waals surface area contributed by atoms with E-state index >= 15 is 0 Å². The molecule has 1 fully saturated rings. The van der Waals surface area contributed by atoms with Crippen molar-refractivity contribution < 1.29 is 8.42 Å². The lowest BCUT2D eigenvalue weighted by Gasteiger charge is -2.29. The molecule has 1 aliphatic heterocycles. The third-order valence-electron chi connectivity index (χ3n) is 5.49. The predicted molar refractivity (Wildman–Crippen MR) is 141 cm³/mol. The van der Waals surface area contributed by atoms with Crippen molar-refractivity contribution in [3.05, 3.63) is 65.7 Å². The zero-order valence-electron chi connectivity index (χ0n) is 18.8. The Labute approximate surface area is 209 Å². The van der Waals surface area contributed by atoms with E-state index in [2.05, 4.69) is 49.5 Å². The Morgan fingerprint density at radius 3 is 2.28 bits per heavy atom. The largest absolute Gasteiger partial charge is 0.355 e. The SMILES string of the molecule is CN=C(NCCNS(=O)(=O)c1ccc(C)cc1)NCC(c1ccccc1)N1CCCC1.I. The summed E-state index contributed by atoms with van der Waals surface area (Å²) >= 11 is 0. The van der Waals surface area contributed by atoms with E-state index in [0.29, 0.717) is 12.5 Å². The number of nitrogens with zero attached hydrogens (tertiary/aromatic N) is 2. The van der Waals surface area contributed by atoms with Gasteiger partial charge in [-0.05, 0) is 50.6 Å². The number of benzene rings is 2. The number of halogens is 1. The van der Waals surface area contributed by atoms with E-state index < -0.39 is 10.0 Å². The van der Waals surface area contributed by atoms with Crippen molar-refractivity contribution in [2.24, 2.45) is 4.99 Å². The highest BCUT2D eigenvalue weighted by molar-refractivity contribution is 14.0. The molecule has 1 heterocycles. The number of nitrogens with one attached hydrogen (secondary N) is 3. The van der Waals surface area contributed by atoms with Crippen LogP contribution in [0, 0.1) is 6.92 Å². The summed E-state index contributed by atoms with van der Waals surface area (Å²) in [5, 5.41) is 6.59. The van der Waals surface area contributed by atoms with Gasteiger partial charge in [-0.2, -0.15) is 0 Å². The van der Waals surface area contributed by atoms with Gasteiger partial charge in [-0.25, -0.2) is 13.1 Å². The lowest BCUT2D eigenvalue weighted by molar-refractivity contribution is 0.245. The first kappa shape index (κ1) is 26.6. The highest BCUT2D eigenvalue weighted by Gasteiger charge is 2.23. The minimum Gasteiger partial charge on any atom is -0.355 e. The molecule has 0 aromatic heterocycles. The molecular weight excluding hydrogens is 537 g/mol. The van der Waals surface area contributed by atoms with Crippen LogP contribution in [0.2, 0.25) is 0 Å². The van der Waals surface area contributed by atoms with Gasteiger partial charge in [0.1, 0.15) is 0 Å². The summed E-state index contributed by atoms with van der Waals surface area (Å²) in [4.78, 5) is 7.06. The van der Waals surface area contributed by atoms with Crippen molar-refractivity contribution in [3.63, 3.8) is 0 Å². The molecule has 0 spiro atoms. The first-order chi connectivity index (χ1) is 15.0. The third kappa shape index (κ3) is 7.72. The fourth-order valence-electron chi connectivity index (χ4n) is 3.77. The van der Waals surface area contributed by atoms with Crippen LogP contribution in [-0.2, 0) is 10.0 Å². The highest BCUT2D eigenvalue weighted by Crippen LogP contribution is 2.24. The number of sulfonamides is 1. The molecule has 176 valence electrons. The summed E-state index contributed by atoms with van der Waals surface area (Å²) in [5.41, 5.74) is 2.32. The summed E-state index contributed by atoms with van der Waals surface area (Å²) in [7, 11) is -1.79. The van der Waals surface area contributed by atoms with Gasteiger partial charge in [0.15, 0.2) is 5.96 Å². The molecule has 0 bridgehead atoms. The van der Waals surface area contributed by atoms with Crippen LogP contribution in [0.15, 0.2) is 64.5 Å². The Balaban J connectivity index is 0.00000363. The zero-order chi connectivity index (χ0) is 22.1. The van der Waals surface area contributed by atoms with E-state index in [-0.39, 0.29) is 41.5 Å². The van der Waals surface area contributed by atoms with Crippen LogP contribution in [-0.4, -0.2) is 59.0 Å². The quantitative estimate of drug-likeness (QED) is 0.187. The van der Waals surface area contributed by atoms with Gasteiger partial charge in [0, 0.05) is 26.7 Å². The van der Waals surface area contributed by atoms with Crippen LogP contribution in [0.1, 0.15) is 30.0 Å². The number of aryl methyl sites for hydroxylation is 1. The van der Waals surface area contributed by atoms with E-state index in [4.69, 9.17) is 0 Å². The van der Waals surface area contributed by atoms with Crippen molar-refractivity contribution in [1.82, 2.24) is 20.3 Å². The number of hydrogen-bond donors (Lipinski definition) is 3. The second kappa shape index (κ2) is 13.1. The van der Waals surface area contributed by atoms with Gasteiger partial charge in [0.25, 0.3) is 0 Å². The molecule has 1 atom stereocenters. The molecule has 1 saturated heterocycles. The van der Waals surface area contributed by atoms with E-state index in [9.17, 15) is 8.42 Å². The Morgan fingerprint density at radius 1 is 1.00 bits per heavy atom. The summed E-state index contributed by atoms with van der Waals surface area (Å²) in [5.74, 6) is 0.662. The summed E-state index contributed by atoms with van der Waals surface area (Å²) in [6, 6.07) is 17.6. The van der Waals surface area contributed by atoms with Gasteiger partial charge in [-0.1, -0.05) is 48.0 Å². The van der Waals surface area contributed by atoms with Gasteiger partial charge in [-0.3, -0.25) is 9.89 Å². The van der Waals surface area contributed by atoms with Crippen LogP contribution in [0.5, 0.6) is 0 Å². The smallest absolute Gasteiger partial charge is 0.240 e. The minimum atomic E-state index is -3.51. The molecule has 2 aromatic rings. The topological polar surface area (TPSA) is 85.8 Å². The van der Waals surface area contributed by atoms with Crippen LogP contribution in [0.25, 0.3) is 0 Å². The number of guanidine groups is 1. The summed E-state index contributed by atoms with van der Waals surface area (Å²) in [6.45, 7) is 5.58. The van der Waals surface area contributed by atoms with Gasteiger partial charge in [-0.15, -0.1) is 24.0 Å². The molecule has 32 heavy (non-hydrogen) atoms. The van der Waals surface area contributed by atoms with E-state index in [1.54, 1.807) is 31.3 Å². The Kier molecular flexibility index (Phi) is 10.9. The molecule has 1 aliphatic rings. The number of aliphatic imine (C=N–C) groups is 1. The van der Waals surface area contributed by atoms with Crippen LogP contribution in [0.3, 0.4) is 0 Å². The minimum absolute atomic E-state index is 0. The monoisotopic (exact) mass is 571 g/mol. The molecule has 3 N–H and O–H groups in total. The maximum absolute atomic E-state index is 12.4. The fraction of sp³-hybridized carbons (Fsp3) is 0.435. The van der Waals surface area contributed by atoms with Gasteiger partial charge < -0.3 is 10.6 Å².